The summed E-state index contributed by atoms with van der Waals surface area (Å²) in [5.74, 6) is 0.634. The molecule has 2 rings (SSSR count). The lowest BCUT2D eigenvalue weighted by molar-refractivity contribution is -0.0554. The largest absolute Gasteiger partial charge is 0.481 e. The minimum Gasteiger partial charge on any atom is -0.481 e. The highest BCUT2D eigenvalue weighted by atomic mass is 16.5. The van der Waals surface area contributed by atoms with E-state index in [1.54, 1.807) is 7.11 Å². The molecule has 0 aliphatic carbocycles. The van der Waals surface area contributed by atoms with Crippen LogP contribution in [0.25, 0.3) is 0 Å². The monoisotopic (exact) mass is 238 g/mol. The fourth-order valence-electron chi connectivity index (χ4n) is 1.92. The first-order chi connectivity index (χ1) is 8.31. The molecule has 1 saturated heterocycles. The molecule has 0 saturated carbocycles. The van der Waals surface area contributed by atoms with Gasteiger partial charge in [0.2, 0.25) is 5.88 Å². The molecule has 1 aromatic heterocycles. The van der Waals surface area contributed by atoms with Gasteiger partial charge >= 0.3 is 0 Å². The second kappa shape index (κ2) is 5.95. The van der Waals surface area contributed by atoms with Gasteiger partial charge in [-0.15, -0.1) is 0 Å². The third kappa shape index (κ3) is 3.39. The van der Waals surface area contributed by atoms with Gasteiger partial charge in [0.1, 0.15) is 0 Å². The first kappa shape index (κ1) is 12.3. The van der Waals surface area contributed by atoms with Crippen LogP contribution in [-0.2, 0) is 11.3 Å². The summed E-state index contributed by atoms with van der Waals surface area (Å²) in [6.45, 7) is 3.11. The molecule has 1 atom stereocenters. The highest BCUT2D eigenvalue weighted by Crippen LogP contribution is 2.11. The van der Waals surface area contributed by atoms with Gasteiger partial charge in [0.15, 0.2) is 0 Å². The summed E-state index contributed by atoms with van der Waals surface area (Å²) in [7, 11) is 1.61. The zero-order valence-electron chi connectivity index (χ0n) is 10.0. The summed E-state index contributed by atoms with van der Waals surface area (Å²) >= 11 is 0. The maximum absolute atomic E-state index is 9.07. The molecule has 0 spiro atoms. The molecule has 1 N–H and O–H groups in total. The van der Waals surface area contributed by atoms with E-state index < -0.39 is 0 Å². The normalized spacial score (nSPS) is 21.4. The molecule has 94 valence electrons. The van der Waals surface area contributed by atoms with E-state index in [1.165, 1.54) is 0 Å². The molecule has 1 fully saturated rings. The average molecular weight is 238 g/mol. The number of aliphatic hydroxyl groups is 1. The number of pyridine rings is 1. The molecule has 1 aromatic rings. The number of aromatic nitrogens is 1. The van der Waals surface area contributed by atoms with E-state index in [1.807, 2.05) is 18.2 Å². The number of methoxy groups -OCH3 is 1. The first-order valence-electron chi connectivity index (χ1n) is 5.76. The van der Waals surface area contributed by atoms with Gasteiger partial charge in [-0.25, -0.2) is 4.98 Å². The molecular formula is C12H18N2O3. The molecule has 1 aliphatic heterocycles. The third-order valence-corrected chi connectivity index (χ3v) is 2.80. The third-order valence-electron chi connectivity index (χ3n) is 2.80. The van der Waals surface area contributed by atoms with E-state index in [2.05, 4.69) is 9.88 Å². The van der Waals surface area contributed by atoms with Crippen LogP contribution in [0, 0.1) is 0 Å². The van der Waals surface area contributed by atoms with E-state index >= 15 is 0 Å². The summed E-state index contributed by atoms with van der Waals surface area (Å²) < 4.78 is 10.5. The standard InChI is InChI=1S/C12H18N2O3/c1-16-12-4-2-3-10(13-12)7-14-5-6-17-11(8-14)9-15/h2-4,11,15H,5-9H2,1H3. The Morgan fingerprint density at radius 1 is 1.59 bits per heavy atom. The van der Waals surface area contributed by atoms with Crippen LogP contribution in [0.1, 0.15) is 5.69 Å². The molecule has 1 aliphatic rings. The summed E-state index contributed by atoms with van der Waals surface area (Å²) in [4.78, 5) is 6.60. The zero-order chi connectivity index (χ0) is 12.1. The molecule has 1 unspecified atom stereocenters. The van der Waals surface area contributed by atoms with Gasteiger partial charge in [-0.05, 0) is 6.07 Å². The van der Waals surface area contributed by atoms with E-state index in [0.29, 0.717) is 12.5 Å². The van der Waals surface area contributed by atoms with Crippen LogP contribution >= 0.6 is 0 Å². The van der Waals surface area contributed by atoms with Crippen molar-refractivity contribution in [2.45, 2.75) is 12.6 Å². The van der Waals surface area contributed by atoms with Crippen molar-refractivity contribution in [2.75, 3.05) is 33.4 Å². The highest BCUT2D eigenvalue weighted by molar-refractivity contribution is 5.15. The maximum Gasteiger partial charge on any atom is 0.213 e. The van der Waals surface area contributed by atoms with Gasteiger partial charge in [0.05, 0.1) is 32.1 Å². The van der Waals surface area contributed by atoms with Crippen LogP contribution in [0.4, 0.5) is 0 Å². The van der Waals surface area contributed by atoms with Crippen molar-refractivity contribution in [3.05, 3.63) is 23.9 Å². The number of nitrogens with zero attached hydrogens (tertiary/aromatic N) is 2. The van der Waals surface area contributed by atoms with Crippen molar-refractivity contribution in [3.63, 3.8) is 0 Å². The van der Waals surface area contributed by atoms with Gasteiger partial charge in [0.25, 0.3) is 0 Å². The number of hydrogen-bond acceptors (Lipinski definition) is 5. The predicted octanol–water partition coefficient (Wildman–Crippen LogP) is 0.283. The summed E-state index contributed by atoms with van der Waals surface area (Å²) in [5.41, 5.74) is 0.975. The van der Waals surface area contributed by atoms with Gasteiger partial charge in [-0.1, -0.05) is 6.07 Å². The quantitative estimate of drug-likeness (QED) is 0.816. The Morgan fingerprint density at radius 3 is 3.24 bits per heavy atom. The van der Waals surface area contributed by atoms with Crippen LogP contribution in [0.5, 0.6) is 5.88 Å². The lowest BCUT2D eigenvalue weighted by Crippen LogP contribution is -2.43. The van der Waals surface area contributed by atoms with Crippen molar-refractivity contribution >= 4 is 0 Å². The molecule has 0 radical (unpaired) electrons. The molecule has 17 heavy (non-hydrogen) atoms. The second-order valence-corrected chi connectivity index (χ2v) is 4.08. The molecule has 0 aromatic carbocycles. The fraction of sp³-hybridized carbons (Fsp3) is 0.583. The van der Waals surface area contributed by atoms with E-state index in [0.717, 1.165) is 25.3 Å². The van der Waals surface area contributed by atoms with Crippen molar-refractivity contribution in [1.29, 1.82) is 0 Å². The molecule has 2 heterocycles. The van der Waals surface area contributed by atoms with Crippen molar-refractivity contribution in [2.24, 2.45) is 0 Å². The smallest absolute Gasteiger partial charge is 0.213 e. The predicted molar refractivity (Wildman–Crippen MR) is 62.9 cm³/mol. The SMILES string of the molecule is COc1cccc(CN2CCOC(CO)C2)n1. The molecule has 5 nitrogen and oxygen atoms in total. The van der Waals surface area contributed by atoms with Gasteiger partial charge in [-0.3, -0.25) is 4.90 Å². The average Bonchev–Trinajstić information content (AvgIpc) is 2.39. The Morgan fingerprint density at radius 2 is 2.47 bits per heavy atom. The van der Waals surface area contributed by atoms with Crippen LogP contribution in [0.15, 0.2) is 18.2 Å². The fourth-order valence-corrected chi connectivity index (χ4v) is 1.92. The Bertz CT molecular complexity index is 359. The Labute approximate surface area is 101 Å². The maximum atomic E-state index is 9.07. The first-order valence-corrected chi connectivity index (χ1v) is 5.76. The van der Waals surface area contributed by atoms with Crippen molar-refractivity contribution in [3.8, 4) is 5.88 Å². The topological polar surface area (TPSA) is 54.8 Å². The summed E-state index contributed by atoms with van der Waals surface area (Å²) in [5, 5.41) is 9.07. The van der Waals surface area contributed by atoms with Crippen LogP contribution < -0.4 is 4.74 Å². The molecule has 0 bridgehead atoms. The number of rotatable bonds is 4. The summed E-state index contributed by atoms with van der Waals surface area (Å²) in [6, 6.07) is 5.75. The van der Waals surface area contributed by atoms with E-state index in [9.17, 15) is 0 Å². The van der Waals surface area contributed by atoms with E-state index in [4.69, 9.17) is 14.6 Å². The van der Waals surface area contributed by atoms with Crippen molar-refractivity contribution in [1.82, 2.24) is 9.88 Å². The number of ether oxygens (including phenoxy) is 2. The van der Waals surface area contributed by atoms with Gasteiger partial charge in [-0.2, -0.15) is 0 Å². The van der Waals surface area contributed by atoms with Crippen LogP contribution in [-0.4, -0.2) is 54.5 Å². The Kier molecular flexibility index (Phi) is 4.30. The number of morpholine rings is 1. The zero-order valence-corrected chi connectivity index (χ0v) is 10.0. The lowest BCUT2D eigenvalue weighted by Gasteiger charge is -2.31. The second-order valence-electron chi connectivity index (χ2n) is 4.08. The molecule has 5 heteroatoms. The number of aliphatic hydroxyl groups excluding tert-OH is 1. The minimum absolute atomic E-state index is 0.0715. The lowest BCUT2D eigenvalue weighted by atomic mass is 10.2. The highest BCUT2D eigenvalue weighted by Gasteiger charge is 2.19. The van der Waals surface area contributed by atoms with Crippen molar-refractivity contribution < 1.29 is 14.6 Å². The Balaban J connectivity index is 1.95. The van der Waals surface area contributed by atoms with Gasteiger partial charge < -0.3 is 14.6 Å². The molecular weight excluding hydrogens is 220 g/mol. The van der Waals surface area contributed by atoms with Crippen LogP contribution in [0.2, 0.25) is 0 Å². The van der Waals surface area contributed by atoms with E-state index in [-0.39, 0.29) is 12.7 Å². The summed E-state index contributed by atoms with van der Waals surface area (Å²) in [6.07, 6.45) is -0.0747. The van der Waals surface area contributed by atoms with Gasteiger partial charge in [0, 0.05) is 25.7 Å². The molecule has 0 amide bonds. The Hall–Kier alpha value is -1.17. The minimum atomic E-state index is -0.0747. The number of hydrogen-bond donors (Lipinski definition) is 1. The van der Waals surface area contributed by atoms with Crippen LogP contribution in [0.3, 0.4) is 0 Å².